The minimum atomic E-state index is -3.65. The number of methoxy groups -OCH3 is 1. The van der Waals surface area contributed by atoms with Crippen LogP contribution in [0.4, 0.5) is 5.69 Å². The van der Waals surface area contributed by atoms with Crippen LogP contribution in [0.1, 0.15) is 12.8 Å². The largest absolute Gasteiger partial charge is 0.497 e. The summed E-state index contributed by atoms with van der Waals surface area (Å²) in [6.45, 7) is -0.0119. The minimum absolute atomic E-state index is 0.174. The lowest BCUT2D eigenvalue weighted by Crippen LogP contribution is -2.40. The molecule has 1 N–H and O–H groups in total. The topological polar surface area (TPSA) is 102 Å². The maximum absolute atomic E-state index is 12.8. The van der Waals surface area contributed by atoms with Crippen molar-refractivity contribution in [3.8, 4) is 5.75 Å². The van der Waals surface area contributed by atoms with Gasteiger partial charge in [-0.05, 0) is 61.4 Å². The number of nitrogens with one attached hydrogen (secondary N) is 1. The maximum atomic E-state index is 12.8. The normalized spacial score (nSPS) is 15.3. The molecule has 1 fully saturated rings. The van der Waals surface area contributed by atoms with Crippen LogP contribution in [-0.4, -0.2) is 51.4 Å². The Morgan fingerprint density at radius 2 is 1.68 bits per heavy atom. The Hall–Kier alpha value is -2.62. The van der Waals surface area contributed by atoms with Crippen LogP contribution in [0.25, 0.3) is 0 Å². The number of anilines is 1. The van der Waals surface area contributed by atoms with E-state index in [1.807, 2.05) is 0 Å². The molecule has 1 saturated heterocycles. The molecular weight excluding hydrogens is 444 g/mol. The number of amides is 1. The molecule has 8 nitrogen and oxygen atoms in total. The Balaban J connectivity index is 1.47. The van der Waals surface area contributed by atoms with Crippen molar-refractivity contribution in [3.63, 3.8) is 0 Å². The van der Waals surface area contributed by atoms with Crippen LogP contribution in [-0.2, 0) is 24.3 Å². The summed E-state index contributed by atoms with van der Waals surface area (Å²) < 4.78 is 37.1. The highest BCUT2D eigenvalue weighted by Crippen LogP contribution is 2.25. The van der Waals surface area contributed by atoms with Crippen LogP contribution >= 0.6 is 11.6 Å². The molecule has 3 rings (SSSR count). The van der Waals surface area contributed by atoms with Gasteiger partial charge in [0.05, 0.1) is 17.9 Å². The Morgan fingerprint density at radius 1 is 1.06 bits per heavy atom. The first-order valence-electron chi connectivity index (χ1n) is 9.66. The second kappa shape index (κ2) is 10.1. The second-order valence-electron chi connectivity index (χ2n) is 7.02. The number of halogens is 1. The van der Waals surface area contributed by atoms with E-state index in [1.165, 1.54) is 23.5 Å². The number of hydrogen-bond acceptors (Lipinski definition) is 6. The first-order valence-corrected chi connectivity index (χ1v) is 11.5. The van der Waals surface area contributed by atoms with Crippen LogP contribution in [0.3, 0.4) is 0 Å². The standard InChI is InChI=1S/C21H23ClN2O6S/c1-29-18-6-8-19(9-7-18)31(27,28)24-12-10-15(11-13-24)21(26)30-14-20(25)23-17-4-2-16(22)3-5-17/h2-9,15H,10-14H2,1H3,(H,23,25). The second-order valence-corrected chi connectivity index (χ2v) is 9.39. The van der Waals surface area contributed by atoms with Gasteiger partial charge in [0.25, 0.3) is 5.91 Å². The van der Waals surface area contributed by atoms with Crippen molar-refractivity contribution in [2.75, 3.05) is 32.1 Å². The van der Waals surface area contributed by atoms with E-state index in [2.05, 4.69) is 5.32 Å². The van der Waals surface area contributed by atoms with Gasteiger partial charge in [0.15, 0.2) is 6.61 Å². The molecular formula is C21H23ClN2O6S. The molecule has 31 heavy (non-hydrogen) atoms. The smallest absolute Gasteiger partial charge is 0.309 e. The summed E-state index contributed by atoms with van der Waals surface area (Å²) in [6, 6.07) is 12.7. The monoisotopic (exact) mass is 466 g/mol. The van der Waals surface area contributed by atoms with Crippen LogP contribution in [0.2, 0.25) is 5.02 Å². The van der Waals surface area contributed by atoms with Crippen LogP contribution in [0.15, 0.2) is 53.4 Å². The number of ether oxygens (including phenoxy) is 2. The summed E-state index contributed by atoms with van der Waals surface area (Å²) in [6.07, 6.45) is 0.653. The molecule has 10 heteroatoms. The Kier molecular flexibility index (Phi) is 7.53. The SMILES string of the molecule is COc1ccc(S(=O)(=O)N2CCC(C(=O)OCC(=O)Nc3ccc(Cl)cc3)CC2)cc1. The van der Waals surface area contributed by atoms with E-state index in [1.54, 1.807) is 36.4 Å². The van der Waals surface area contributed by atoms with E-state index in [0.29, 0.717) is 29.3 Å². The Labute approximate surface area is 186 Å². The van der Waals surface area contributed by atoms with Crippen molar-refractivity contribution in [1.82, 2.24) is 4.31 Å². The molecule has 1 heterocycles. The third-order valence-corrected chi connectivity index (χ3v) is 7.12. The van der Waals surface area contributed by atoms with Crippen molar-refractivity contribution < 1.29 is 27.5 Å². The van der Waals surface area contributed by atoms with Crippen molar-refractivity contribution in [2.45, 2.75) is 17.7 Å². The number of esters is 1. The fraction of sp³-hybridized carbons (Fsp3) is 0.333. The zero-order valence-corrected chi connectivity index (χ0v) is 18.5. The zero-order chi connectivity index (χ0) is 22.4. The molecule has 0 radical (unpaired) electrons. The molecule has 0 saturated carbocycles. The molecule has 2 aromatic carbocycles. The van der Waals surface area contributed by atoms with Gasteiger partial charge in [-0.3, -0.25) is 9.59 Å². The molecule has 0 bridgehead atoms. The van der Waals surface area contributed by atoms with Gasteiger partial charge < -0.3 is 14.8 Å². The minimum Gasteiger partial charge on any atom is -0.497 e. The Bertz CT molecular complexity index is 1020. The third kappa shape index (κ3) is 5.96. The number of nitrogens with zero attached hydrogens (tertiary/aromatic N) is 1. The highest BCUT2D eigenvalue weighted by atomic mass is 35.5. The molecule has 0 spiro atoms. The number of benzene rings is 2. The number of piperidine rings is 1. The summed E-state index contributed by atoms with van der Waals surface area (Å²) in [5.41, 5.74) is 0.544. The van der Waals surface area contributed by atoms with Gasteiger partial charge in [-0.1, -0.05) is 11.6 Å². The summed E-state index contributed by atoms with van der Waals surface area (Å²) in [4.78, 5) is 24.4. The van der Waals surface area contributed by atoms with E-state index in [0.717, 1.165) is 0 Å². The number of rotatable bonds is 7. The lowest BCUT2D eigenvalue weighted by molar-refractivity contribution is -0.152. The molecule has 1 aliphatic heterocycles. The fourth-order valence-electron chi connectivity index (χ4n) is 3.21. The van der Waals surface area contributed by atoms with E-state index in [-0.39, 0.29) is 18.0 Å². The Morgan fingerprint density at radius 3 is 2.26 bits per heavy atom. The van der Waals surface area contributed by atoms with Crippen LogP contribution in [0.5, 0.6) is 5.75 Å². The van der Waals surface area contributed by atoms with E-state index >= 15 is 0 Å². The van der Waals surface area contributed by atoms with Gasteiger partial charge in [-0.25, -0.2) is 8.42 Å². The van der Waals surface area contributed by atoms with Gasteiger partial charge in [0.2, 0.25) is 10.0 Å². The molecule has 1 aliphatic rings. The van der Waals surface area contributed by atoms with E-state index in [4.69, 9.17) is 21.1 Å². The van der Waals surface area contributed by atoms with Crippen molar-refractivity contribution >= 4 is 39.2 Å². The predicted molar refractivity (Wildman–Crippen MR) is 116 cm³/mol. The van der Waals surface area contributed by atoms with Crippen molar-refractivity contribution in [3.05, 3.63) is 53.6 Å². The first-order chi connectivity index (χ1) is 14.8. The first kappa shape index (κ1) is 23.1. The van der Waals surface area contributed by atoms with E-state index < -0.39 is 34.4 Å². The molecule has 0 aromatic heterocycles. The zero-order valence-electron chi connectivity index (χ0n) is 16.9. The lowest BCUT2D eigenvalue weighted by atomic mass is 9.98. The highest BCUT2D eigenvalue weighted by molar-refractivity contribution is 7.89. The number of carbonyl (C=O) groups is 2. The molecule has 1 amide bonds. The number of sulfonamides is 1. The lowest BCUT2D eigenvalue weighted by Gasteiger charge is -2.30. The van der Waals surface area contributed by atoms with E-state index in [9.17, 15) is 18.0 Å². The molecule has 0 atom stereocenters. The molecule has 2 aromatic rings. The van der Waals surface area contributed by atoms with Gasteiger partial charge in [-0.2, -0.15) is 4.31 Å². The molecule has 0 unspecified atom stereocenters. The molecule has 166 valence electrons. The average molecular weight is 467 g/mol. The fourth-order valence-corrected chi connectivity index (χ4v) is 4.81. The third-order valence-electron chi connectivity index (χ3n) is 4.96. The van der Waals surface area contributed by atoms with Gasteiger partial charge in [-0.15, -0.1) is 0 Å². The van der Waals surface area contributed by atoms with Gasteiger partial charge in [0.1, 0.15) is 5.75 Å². The number of carbonyl (C=O) groups excluding carboxylic acids is 2. The predicted octanol–water partition coefficient (Wildman–Crippen LogP) is 2.93. The van der Waals surface area contributed by atoms with Crippen molar-refractivity contribution in [2.24, 2.45) is 5.92 Å². The van der Waals surface area contributed by atoms with Crippen LogP contribution < -0.4 is 10.1 Å². The maximum Gasteiger partial charge on any atom is 0.309 e. The van der Waals surface area contributed by atoms with Gasteiger partial charge in [0, 0.05) is 23.8 Å². The molecule has 0 aliphatic carbocycles. The van der Waals surface area contributed by atoms with Crippen LogP contribution in [0, 0.1) is 5.92 Å². The highest BCUT2D eigenvalue weighted by Gasteiger charge is 2.33. The summed E-state index contributed by atoms with van der Waals surface area (Å²) in [5.74, 6) is -0.853. The number of hydrogen-bond donors (Lipinski definition) is 1. The van der Waals surface area contributed by atoms with Crippen molar-refractivity contribution in [1.29, 1.82) is 0 Å². The summed E-state index contributed by atoms with van der Waals surface area (Å²) >= 11 is 5.79. The summed E-state index contributed by atoms with van der Waals surface area (Å²) in [7, 11) is -2.14. The van der Waals surface area contributed by atoms with Gasteiger partial charge >= 0.3 is 5.97 Å². The average Bonchev–Trinajstić information content (AvgIpc) is 2.79. The quantitative estimate of drug-likeness (QED) is 0.629. The summed E-state index contributed by atoms with van der Waals surface area (Å²) in [5, 5.41) is 3.16.